The fraction of sp³-hybridized carbons (Fsp3) is 0.133. The van der Waals surface area contributed by atoms with Crippen LogP contribution in [0.4, 0.5) is 5.69 Å². The minimum atomic E-state index is 0.681. The van der Waals surface area contributed by atoms with Crippen LogP contribution in [0.2, 0.25) is 0 Å². The molecule has 18 heavy (non-hydrogen) atoms. The molecule has 90 valence electrons. The summed E-state index contributed by atoms with van der Waals surface area (Å²) in [6, 6.07) is 15.8. The minimum absolute atomic E-state index is 0.681. The van der Waals surface area contributed by atoms with Gasteiger partial charge in [0.15, 0.2) is 0 Å². The van der Waals surface area contributed by atoms with E-state index in [1.54, 1.807) is 11.8 Å². The van der Waals surface area contributed by atoms with Gasteiger partial charge in [-0.2, -0.15) is 5.26 Å². The number of aryl methyl sites for hydroxylation is 1. The number of nitrogens with two attached hydrogens (primary N) is 1. The number of nitriles is 1. The molecule has 2 rings (SSSR count). The summed E-state index contributed by atoms with van der Waals surface area (Å²) < 4.78 is 0. The zero-order valence-electron chi connectivity index (χ0n) is 10.2. The van der Waals surface area contributed by atoms with Gasteiger partial charge < -0.3 is 5.73 Å². The fourth-order valence-corrected chi connectivity index (χ4v) is 2.56. The molecule has 0 heterocycles. The van der Waals surface area contributed by atoms with E-state index in [-0.39, 0.29) is 0 Å². The molecule has 3 heteroatoms. The predicted molar refractivity (Wildman–Crippen MR) is 75.5 cm³/mol. The zero-order valence-corrected chi connectivity index (χ0v) is 11.0. The molecule has 0 fully saturated rings. The van der Waals surface area contributed by atoms with Gasteiger partial charge in [0.05, 0.1) is 11.6 Å². The van der Waals surface area contributed by atoms with Gasteiger partial charge in [0, 0.05) is 15.5 Å². The van der Waals surface area contributed by atoms with Gasteiger partial charge in [0.1, 0.15) is 0 Å². The summed E-state index contributed by atoms with van der Waals surface area (Å²) >= 11 is 1.65. The van der Waals surface area contributed by atoms with Crippen molar-refractivity contribution in [3.8, 4) is 6.07 Å². The van der Waals surface area contributed by atoms with Crippen LogP contribution >= 0.6 is 11.8 Å². The predicted octanol–water partition coefficient (Wildman–Crippen LogP) is 3.85. The molecule has 2 aromatic rings. The van der Waals surface area contributed by atoms with Gasteiger partial charge in [-0.1, -0.05) is 24.8 Å². The number of rotatable bonds is 3. The molecular formula is C15H14N2S. The molecule has 0 radical (unpaired) electrons. The van der Waals surface area contributed by atoms with Crippen LogP contribution in [-0.4, -0.2) is 0 Å². The van der Waals surface area contributed by atoms with Crippen molar-refractivity contribution in [2.75, 3.05) is 5.73 Å². The number of hydrogen-bond donors (Lipinski definition) is 1. The van der Waals surface area contributed by atoms with Crippen LogP contribution in [0.15, 0.2) is 52.3 Å². The lowest BCUT2D eigenvalue weighted by Gasteiger charge is -2.06. The topological polar surface area (TPSA) is 49.8 Å². The van der Waals surface area contributed by atoms with E-state index < -0.39 is 0 Å². The molecule has 0 aliphatic rings. The quantitative estimate of drug-likeness (QED) is 0.846. The molecule has 0 aliphatic carbocycles. The van der Waals surface area contributed by atoms with Crippen molar-refractivity contribution in [2.45, 2.75) is 23.1 Å². The van der Waals surface area contributed by atoms with Crippen molar-refractivity contribution >= 4 is 17.4 Å². The Morgan fingerprint density at radius 1 is 1.11 bits per heavy atom. The molecule has 2 nitrogen and oxygen atoms in total. The molecule has 2 N–H and O–H groups in total. The Kier molecular flexibility index (Phi) is 3.91. The second-order valence-electron chi connectivity index (χ2n) is 3.95. The Hall–Kier alpha value is -1.92. The first-order chi connectivity index (χ1) is 8.72. The molecule has 0 unspecified atom stereocenters. The summed E-state index contributed by atoms with van der Waals surface area (Å²) in [5, 5.41) is 8.74. The molecule has 0 aromatic heterocycles. The molecule has 0 atom stereocenters. The summed E-state index contributed by atoms with van der Waals surface area (Å²) in [5.41, 5.74) is 8.68. The summed E-state index contributed by atoms with van der Waals surface area (Å²) in [4.78, 5) is 2.23. The monoisotopic (exact) mass is 254 g/mol. The second-order valence-corrected chi connectivity index (χ2v) is 5.10. The van der Waals surface area contributed by atoms with Gasteiger partial charge in [0.2, 0.25) is 0 Å². The smallest absolute Gasteiger partial charge is 0.0991 e. The first-order valence-corrected chi connectivity index (χ1v) is 6.61. The molecule has 0 aliphatic heterocycles. The van der Waals surface area contributed by atoms with Crippen LogP contribution in [0.25, 0.3) is 0 Å². The highest BCUT2D eigenvalue weighted by Crippen LogP contribution is 2.30. The first kappa shape index (κ1) is 12.5. The van der Waals surface area contributed by atoms with E-state index in [0.717, 1.165) is 21.9 Å². The SMILES string of the molecule is CCc1ccc(Sc2ccc(C#N)cc2)cc1N. The lowest BCUT2D eigenvalue weighted by atomic mass is 10.1. The van der Waals surface area contributed by atoms with Crippen molar-refractivity contribution in [2.24, 2.45) is 0 Å². The largest absolute Gasteiger partial charge is 0.398 e. The summed E-state index contributed by atoms with van der Waals surface area (Å²) in [6.07, 6.45) is 0.952. The summed E-state index contributed by atoms with van der Waals surface area (Å²) in [6.45, 7) is 2.10. The third-order valence-electron chi connectivity index (χ3n) is 2.72. The Bertz CT molecular complexity index is 582. The molecule has 0 spiro atoms. The van der Waals surface area contributed by atoms with Crippen LogP contribution in [-0.2, 0) is 6.42 Å². The highest BCUT2D eigenvalue weighted by molar-refractivity contribution is 7.99. The third-order valence-corrected chi connectivity index (χ3v) is 3.71. The number of hydrogen-bond acceptors (Lipinski definition) is 3. The molecule has 0 saturated heterocycles. The van der Waals surface area contributed by atoms with Crippen LogP contribution in [0.3, 0.4) is 0 Å². The molecule has 0 amide bonds. The van der Waals surface area contributed by atoms with Crippen molar-refractivity contribution in [3.63, 3.8) is 0 Å². The average Bonchev–Trinajstić information content (AvgIpc) is 2.40. The average molecular weight is 254 g/mol. The van der Waals surface area contributed by atoms with Crippen molar-refractivity contribution < 1.29 is 0 Å². The maximum atomic E-state index is 8.74. The third kappa shape index (κ3) is 2.85. The van der Waals surface area contributed by atoms with E-state index in [0.29, 0.717) is 5.56 Å². The first-order valence-electron chi connectivity index (χ1n) is 5.79. The molecular weight excluding hydrogens is 240 g/mol. The van der Waals surface area contributed by atoms with E-state index >= 15 is 0 Å². The van der Waals surface area contributed by atoms with Gasteiger partial charge in [0.25, 0.3) is 0 Å². The van der Waals surface area contributed by atoms with E-state index in [2.05, 4.69) is 25.1 Å². The number of nitrogen functional groups attached to an aromatic ring is 1. The number of anilines is 1. The van der Waals surface area contributed by atoms with Gasteiger partial charge in [-0.25, -0.2) is 0 Å². The standard InChI is InChI=1S/C15H14N2S/c1-2-12-5-8-14(9-15(12)17)18-13-6-3-11(10-16)4-7-13/h3-9H,2,17H2,1H3. The van der Waals surface area contributed by atoms with E-state index in [1.165, 1.54) is 5.56 Å². The maximum absolute atomic E-state index is 8.74. The number of nitrogens with zero attached hydrogens (tertiary/aromatic N) is 1. The highest BCUT2D eigenvalue weighted by Gasteiger charge is 2.01. The molecule has 0 saturated carbocycles. The van der Waals surface area contributed by atoms with Crippen LogP contribution in [0.1, 0.15) is 18.1 Å². The Labute approximate surface area is 111 Å². The van der Waals surface area contributed by atoms with Crippen LogP contribution in [0, 0.1) is 11.3 Å². The van der Waals surface area contributed by atoms with Crippen LogP contribution < -0.4 is 5.73 Å². The van der Waals surface area contributed by atoms with Gasteiger partial charge in [-0.05, 0) is 48.4 Å². The maximum Gasteiger partial charge on any atom is 0.0991 e. The highest BCUT2D eigenvalue weighted by atomic mass is 32.2. The fourth-order valence-electron chi connectivity index (χ4n) is 1.69. The van der Waals surface area contributed by atoms with E-state index in [4.69, 9.17) is 11.0 Å². The lowest BCUT2D eigenvalue weighted by molar-refractivity contribution is 1.14. The van der Waals surface area contributed by atoms with Gasteiger partial charge in [-0.15, -0.1) is 0 Å². The Morgan fingerprint density at radius 2 is 1.78 bits per heavy atom. The summed E-state index contributed by atoms with van der Waals surface area (Å²) in [5.74, 6) is 0. The Balaban J connectivity index is 2.18. The van der Waals surface area contributed by atoms with Crippen molar-refractivity contribution in [1.82, 2.24) is 0 Å². The van der Waals surface area contributed by atoms with Crippen molar-refractivity contribution in [3.05, 3.63) is 53.6 Å². The van der Waals surface area contributed by atoms with Crippen molar-refractivity contribution in [1.29, 1.82) is 5.26 Å². The summed E-state index contributed by atoms with van der Waals surface area (Å²) in [7, 11) is 0. The lowest BCUT2D eigenvalue weighted by Crippen LogP contribution is -1.92. The zero-order chi connectivity index (χ0) is 13.0. The van der Waals surface area contributed by atoms with Gasteiger partial charge in [-0.3, -0.25) is 0 Å². The molecule has 0 bridgehead atoms. The van der Waals surface area contributed by atoms with E-state index in [9.17, 15) is 0 Å². The molecule has 2 aromatic carbocycles. The Morgan fingerprint density at radius 3 is 2.33 bits per heavy atom. The van der Waals surface area contributed by atoms with Gasteiger partial charge >= 0.3 is 0 Å². The normalized spacial score (nSPS) is 10.0. The minimum Gasteiger partial charge on any atom is -0.398 e. The van der Waals surface area contributed by atoms with Crippen LogP contribution in [0.5, 0.6) is 0 Å². The van der Waals surface area contributed by atoms with E-state index in [1.807, 2.05) is 30.3 Å². The second kappa shape index (κ2) is 5.61. The number of benzene rings is 2.